The molecule has 2 amide bonds. The predicted molar refractivity (Wildman–Crippen MR) is 117 cm³/mol. The fourth-order valence-electron chi connectivity index (χ4n) is 3.59. The van der Waals surface area contributed by atoms with Crippen LogP contribution in [-0.4, -0.2) is 30.9 Å². The van der Waals surface area contributed by atoms with Gasteiger partial charge in [-0.15, -0.1) is 0 Å². The minimum Gasteiger partial charge on any atom is -0.462 e. The van der Waals surface area contributed by atoms with E-state index in [1.807, 2.05) is 45.9 Å². The fraction of sp³-hybridized carbons (Fsp3) is 0.375. The van der Waals surface area contributed by atoms with Crippen LogP contribution < -0.4 is 10.2 Å². The number of hydrogen-bond donors (Lipinski definition) is 1. The molecule has 1 heterocycles. The maximum atomic E-state index is 12.7. The van der Waals surface area contributed by atoms with Gasteiger partial charge in [0.25, 0.3) is 0 Å². The Bertz CT molecular complexity index is 930. The summed E-state index contributed by atoms with van der Waals surface area (Å²) in [6, 6.07) is 12.5. The van der Waals surface area contributed by atoms with Gasteiger partial charge in [-0.05, 0) is 55.2 Å². The summed E-state index contributed by atoms with van der Waals surface area (Å²) in [5.74, 6) is -0.785. The van der Waals surface area contributed by atoms with Gasteiger partial charge in [0.1, 0.15) is 0 Å². The Morgan fingerprint density at radius 3 is 2.33 bits per heavy atom. The Labute approximate surface area is 177 Å². The smallest absolute Gasteiger partial charge is 0.338 e. The topological polar surface area (TPSA) is 75.7 Å². The van der Waals surface area contributed by atoms with Gasteiger partial charge in [-0.25, -0.2) is 4.79 Å². The van der Waals surface area contributed by atoms with Crippen molar-refractivity contribution in [2.45, 2.75) is 34.1 Å². The molecule has 0 saturated carbocycles. The molecule has 1 saturated heterocycles. The van der Waals surface area contributed by atoms with Crippen molar-refractivity contribution >= 4 is 29.2 Å². The highest BCUT2D eigenvalue weighted by molar-refractivity contribution is 6.04. The summed E-state index contributed by atoms with van der Waals surface area (Å²) in [5.41, 5.74) is 3.94. The van der Waals surface area contributed by atoms with E-state index in [2.05, 4.69) is 5.32 Å². The molecule has 6 nitrogen and oxygen atoms in total. The first-order chi connectivity index (χ1) is 14.3. The fourth-order valence-corrected chi connectivity index (χ4v) is 3.59. The molecular weight excluding hydrogens is 380 g/mol. The number of benzene rings is 2. The van der Waals surface area contributed by atoms with Crippen molar-refractivity contribution in [2.24, 2.45) is 11.8 Å². The van der Waals surface area contributed by atoms with Crippen LogP contribution in [0.3, 0.4) is 0 Å². The molecule has 0 spiro atoms. The number of para-hydroxylation sites is 1. The molecule has 2 aromatic rings. The molecule has 2 aromatic carbocycles. The number of rotatable bonds is 6. The van der Waals surface area contributed by atoms with Crippen molar-refractivity contribution in [3.63, 3.8) is 0 Å². The largest absolute Gasteiger partial charge is 0.462 e. The average Bonchev–Trinajstić information content (AvgIpc) is 3.08. The zero-order valence-electron chi connectivity index (χ0n) is 17.9. The molecular formula is C24H28N2O4. The summed E-state index contributed by atoms with van der Waals surface area (Å²) in [6.45, 7) is 8.61. The van der Waals surface area contributed by atoms with E-state index in [0.717, 1.165) is 16.8 Å². The molecule has 158 valence electrons. The van der Waals surface area contributed by atoms with Gasteiger partial charge in [-0.2, -0.15) is 0 Å². The van der Waals surface area contributed by atoms with E-state index in [9.17, 15) is 14.4 Å². The second kappa shape index (κ2) is 9.11. The number of hydrogen-bond acceptors (Lipinski definition) is 4. The molecule has 0 bridgehead atoms. The normalized spacial score (nSPS) is 16.1. The lowest BCUT2D eigenvalue weighted by molar-refractivity contribution is -0.122. The van der Waals surface area contributed by atoms with Crippen molar-refractivity contribution in [2.75, 3.05) is 23.4 Å². The number of amides is 2. The summed E-state index contributed by atoms with van der Waals surface area (Å²) in [4.78, 5) is 39.0. The lowest BCUT2D eigenvalue weighted by Gasteiger charge is -2.21. The lowest BCUT2D eigenvalue weighted by atomic mass is 10.1. The molecule has 0 aromatic heterocycles. The standard InChI is InChI=1S/C24H28N2O4/c1-15(2)14-30-24(29)18-8-10-20(11-9-18)25-23(28)19-12-21(27)26(13-19)22-16(3)6-5-7-17(22)4/h5-11,15,19H,12-14H2,1-4H3,(H,25,28)/t19-/m0/s1. The Balaban J connectivity index is 1.63. The first-order valence-electron chi connectivity index (χ1n) is 10.2. The van der Waals surface area contributed by atoms with Crippen LogP contribution in [0.5, 0.6) is 0 Å². The van der Waals surface area contributed by atoms with E-state index in [0.29, 0.717) is 24.4 Å². The van der Waals surface area contributed by atoms with Gasteiger partial charge < -0.3 is 15.0 Å². The second-order valence-corrected chi connectivity index (χ2v) is 8.20. The van der Waals surface area contributed by atoms with Crippen molar-refractivity contribution < 1.29 is 19.1 Å². The van der Waals surface area contributed by atoms with E-state index >= 15 is 0 Å². The van der Waals surface area contributed by atoms with Crippen LogP contribution in [-0.2, 0) is 14.3 Å². The molecule has 30 heavy (non-hydrogen) atoms. The van der Waals surface area contributed by atoms with Gasteiger partial charge in [0.05, 0.1) is 18.1 Å². The van der Waals surface area contributed by atoms with Gasteiger partial charge in [0, 0.05) is 24.3 Å². The third-order valence-electron chi connectivity index (χ3n) is 5.14. The van der Waals surface area contributed by atoms with Crippen LogP contribution in [0.1, 0.15) is 41.8 Å². The zero-order chi connectivity index (χ0) is 21.8. The van der Waals surface area contributed by atoms with Crippen LogP contribution in [0.25, 0.3) is 0 Å². The van der Waals surface area contributed by atoms with Crippen LogP contribution in [0.2, 0.25) is 0 Å². The Morgan fingerprint density at radius 2 is 1.73 bits per heavy atom. The molecule has 1 N–H and O–H groups in total. The molecule has 0 aliphatic carbocycles. The second-order valence-electron chi connectivity index (χ2n) is 8.20. The molecule has 1 atom stereocenters. The first-order valence-corrected chi connectivity index (χ1v) is 10.2. The van der Waals surface area contributed by atoms with Crippen molar-refractivity contribution in [1.82, 2.24) is 0 Å². The monoisotopic (exact) mass is 408 g/mol. The molecule has 1 aliphatic rings. The Morgan fingerprint density at radius 1 is 1.10 bits per heavy atom. The van der Waals surface area contributed by atoms with Crippen LogP contribution in [0.4, 0.5) is 11.4 Å². The summed E-state index contributed by atoms with van der Waals surface area (Å²) in [5, 5.41) is 2.85. The molecule has 1 aliphatic heterocycles. The van der Waals surface area contributed by atoms with Gasteiger partial charge in [0.2, 0.25) is 11.8 Å². The van der Waals surface area contributed by atoms with E-state index < -0.39 is 5.92 Å². The third-order valence-corrected chi connectivity index (χ3v) is 5.14. The van der Waals surface area contributed by atoms with Gasteiger partial charge >= 0.3 is 5.97 Å². The van der Waals surface area contributed by atoms with E-state index in [1.54, 1.807) is 29.2 Å². The van der Waals surface area contributed by atoms with Gasteiger partial charge in [-0.3, -0.25) is 9.59 Å². The third kappa shape index (κ3) is 4.87. The number of anilines is 2. The van der Waals surface area contributed by atoms with E-state index in [4.69, 9.17) is 4.74 Å². The van der Waals surface area contributed by atoms with E-state index in [1.165, 1.54) is 0 Å². The van der Waals surface area contributed by atoms with Gasteiger partial charge in [-0.1, -0.05) is 32.0 Å². The van der Waals surface area contributed by atoms with Gasteiger partial charge in [0.15, 0.2) is 0 Å². The van der Waals surface area contributed by atoms with Crippen molar-refractivity contribution in [1.29, 1.82) is 0 Å². The first kappa shape index (κ1) is 21.6. The summed E-state index contributed by atoms with van der Waals surface area (Å²) in [7, 11) is 0. The van der Waals surface area contributed by atoms with Crippen molar-refractivity contribution in [3.05, 3.63) is 59.2 Å². The number of aryl methyl sites for hydroxylation is 2. The number of nitrogens with one attached hydrogen (secondary N) is 1. The number of carbonyl (C=O) groups excluding carboxylic acids is 3. The summed E-state index contributed by atoms with van der Waals surface area (Å²) >= 11 is 0. The molecule has 3 rings (SSSR count). The van der Waals surface area contributed by atoms with Crippen LogP contribution in [0, 0.1) is 25.7 Å². The molecule has 1 fully saturated rings. The van der Waals surface area contributed by atoms with Crippen LogP contribution in [0.15, 0.2) is 42.5 Å². The number of carbonyl (C=O) groups is 3. The Kier molecular flexibility index (Phi) is 6.55. The zero-order valence-corrected chi connectivity index (χ0v) is 17.9. The maximum Gasteiger partial charge on any atom is 0.338 e. The lowest BCUT2D eigenvalue weighted by Crippen LogP contribution is -2.29. The maximum absolute atomic E-state index is 12.7. The minimum atomic E-state index is -0.424. The van der Waals surface area contributed by atoms with Crippen molar-refractivity contribution in [3.8, 4) is 0 Å². The number of nitrogens with zero attached hydrogens (tertiary/aromatic N) is 1. The highest BCUT2D eigenvalue weighted by Crippen LogP contribution is 2.31. The summed E-state index contributed by atoms with van der Waals surface area (Å²) in [6.07, 6.45) is 0.180. The number of ether oxygens (including phenoxy) is 1. The molecule has 6 heteroatoms. The predicted octanol–water partition coefficient (Wildman–Crippen LogP) is 4.11. The minimum absolute atomic E-state index is 0.0456. The van der Waals surface area contributed by atoms with Crippen LogP contribution >= 0.6 is 0 Å². The Hall–Kier alpha value is -3.15. The number of esters is 1. The SMILES string of the molecule is Cc1cccc(C)c1N1C[C@@H](C(=O)Nc2ccc(C(=O)OCC(C)C)cc2)CC1=O. The molecule has 0 radical (unpaired) electrons. The quantitative estimate of drug-likeness (QED) is 0.730. The highest BCUT2D eigenvalue weighted by atomic mass is 16.5. The average molecular weight is 408 g/mol. The highest BCUT2D eigenvalue weighted by Gasteiger charge is 2.36. The summed E-state index contributed by atoms with van der Waals surface area (Å²) < 4.78 is 5.21. The molecule has 0 unspecified atom stereocenters. The van der Waals surface area contributed by atoms with E-state index in [-0.39, 0.29) is 30.1 Å².